The topological polar surface area (TPSA) is 95.6 Å². The van der Waals surface area contributed by atoms with E-state index in [4.69, 9.17) is 23.7 Å². The maximum absolute atomic E-state index is 14.2. The maximum atomic E-state index is 14.2. The fourth-order valence-corrected chi connectivity index (χ4v) is 6.02. The number of carbonyl (C=O) groups excluding carboxylic acids is 2. The summed E-state index contributed by atoms with van der Waals surface area (Å²) in [7, 11) is 4.57. The molecule has 0 spiro atoms. The molecule has 10 heteroatoms. The summed E-state index contributed by atoms with van der Waals surface area (Å²) < 4.78 is 27.9. The molecular weight excluding hydrogens is 532 g/mol. The van der Waals surface area contributed by atoms with Crippen molar-refractivity contribution in [2.75, 3.05) is 33.0 Å². The standard InChI is InChI=1S/C30H34N2O7S/c1-35-25-14-19(15-26(36-2)29(25)37-3)28(30(34)31-20-8-5-4-6-9-20)32(27(33)17-22-10-7-13-40-22)21-11-12-23-24(16-21)39-18-38-23/h7,10-16,20,28H,4-6,8-9,17-18H2,1-3H3,(H,31,34)/t28-/m1/s1. The van der Waals surface area contributed by atoms with Crippen LogP contribution in [0.2, 0.25) is 0 Å². The zero-order valence-electron chi connectivity index (χ0n) is 22.9. The quantitative estimate of drug-likeness (QED) is 0.357. The first kappa shape index (κ1) is 27.6. The summed E-state index contributed by atoms with van der Waals surface area (Å²) >= 11 is 1.50. The molecule has 5 rings (SSSR count). The Morgan fingerprint density at radius 1 is 0.975 bits per heavy atom. The molecular formula is C30H34N2O7S. The first-order valence-corrected chi connectivity index (χ1v) is 14.2. The van der Waals surface area contributed by atoms with Gasteiger partial charge in [-0.05, 0) is 54.1 Å². The van der Waals surface area contributed by atoms with E-state index >= 15 is 0 Å². The molecule has 2 aliphatic rings. The summed E-state index contributed by atoms with van der Waals surface area (Å²) in [5.74, 6) is 1.78. The number of amides is 2. The predicted molar refractivity (Wildman–Crippen MR) is 152 cm³/mol. The van der Waals surface area contributed by atoms with Crippen molar-refractivity contribution in [1.29, 1.82) is 0 Å². The smallest absolute Gasteiger partial charge is 0.248 e. The SMILES string of the molecule is COc1cc([C@H](C(=O)NC2CCCCC2)N(C(=O)Cc2cccs2)c2ccc3c(c2)OCO3)cc(OC)c1OC. The number of thiophene rings is 1. The highest BCUT2D eigenvalue weighted by atomic mass is 32.1. The van der Waals surface area contributed by atoms with E-state index < -0.39 is 6.04 Å². The molecule has 1 atom stereocenters. The number of rotatable bonds is 10. The first-order chi connectivity index (χ1) is 19.5. The van der Waals surface area contributed by atoms with Gasteiger partial charge in [-0.3, -0.25) is 14.5 Å². The van der Waals surface area contributed by atoms with Gasteiger partial charge < -0.3 is 29.0 Å². The lowest BCUT2D eigenvalue weighted by molar-refractivity contribution is -0.127. The van der Waals surface area contributed by atoms with E-state index in [1.807, 2.05) is 17.5 Å². The van der Waals surface area contributed by atoms with E-state index in [1.54, 1.807) is 35.2 Å². The largest absolute Gasteiger partial charge is 0.493 e. The Morgan fingerprint density at radius 2 is 1.70 bits per heavy atom. The Morgan fingerprint density at radius 3 is 2.35 bits per heavy atom. The Bertz CT molecular complexity index is 1310. The van der Waals surface area contributed by atoms with Crippen molar-refractivity contribution in [3.63, 3.8) is 0 Å². The molecule has 2 amide bonds. The van der Waals surface area contributed by atoms with Gasteiger partial charge in [-0.25, -0.2) is 0 Å². The minimum Gasteiger partial charge on any atom is -0.493 e. The summed E-state index contributed by atoms with van der Waals surface area (Å²) in [5.41, 5.74) is 1.04. The summed E-state index contributed by atoms with van der Waals surface area (Å²) in [5, 5.41) is 5.17. The van der Waals surface area contributed by atoms with E-state index in [1.165, 1.54) is 32.7 Å². The Balaban J connectivity index is 1.64. The van der Waals surface area contributed by atoms with Gasteiger partial charge in [0.05, 0.1) is 27.8 Å². The summed E-state index contributed by atoms with van der Waals surface area (Å²) in [6, 6.07) is 11.6. The van der Waals surface area contributed by atoms with Gasteiger partial charge in [-0.15, -0.1) is 11.3 Å². The second-order valence-corrected chi connectivity index (χ2v) is 10.8. The van der Waals surface area contributed by atoms with Crippen LogP contribution < -0.4 is 33.9 Å². The van der Waals surface area contributed by atoms with Gasteiger partial charge >= 0.3 is 0 Å². The monoisotopic (exact) mass is 566 g/mol. The molecule has 1 aliphatic carbocycles. The zero-order valence-corrected chi connectivity index (χ0v) is 23.8. The number of nitrogens with one attached hydrogen (secondary N) is 1. The highest BCUT2D eigenvalue weighted by Crippen LogP contribution is 2.43. The van der Waals surface area contributed by atoms with Crippen LogP contribution in [0, 0.1) is 0 Å². The summed E-state index contributed by atoms with van der Waals surface area (Å²) in [4.78, 5) is 30.8. The number of nitrogens with zero attached hydrogens (tertiary/aromatic N) is 1. The third kappa shape index (κ3) is 5.82. The van der Waals surface area contributed by atoms with E-state index in [0.29, 0.717) is 40.0 Å². The van der Waals surface area contributed by atoms with Crippen LogP contribution in [0.3, 0.4) is 0 Å². The molecule has 3 aromatic rings. The van der Waals surface area contributed by atoms with Crippen LogP contribution >= 0.6 is 11.3 Å². The second kappa shape index (κ2) is 12.5. The second-order valence-electron chi connectivity index (χ2n) is 9.76. The van der Waals surface area contributed by atoms with Crippen LogP contribution in [0.15, 0.2) is 47.8 Å². The maximum Gasteiger partial charge on any atom is 0.248 e. The molecule has 212 valence electrons. The molecule has 0 saturated heterocycles. The summed E-state index contributed by atoms with van der Waals surface area (Å²) in [6.07, 6.45) is 5.21. The minimum absolute atomic E-state index is 0.0387. The van der Waals surface area contributed by atoms with Crippen molar-refractivity contribution < 1.29 is 33.3 Å². The number of anilines is 1. The number of hydrogen-bond donors (Lipinski definition) is 1. The molecule has 0 radical (unpaired) electrons. The van der Waals surface area contributed by atoms with Crippen LogP contribution in [0.1, 0.15) is 48.6 Å². The highest BCUT2D eigenvalue weighted by Gasteiger charge is 2.36. The van der Waals surface area contributed by atoms with Gasteiger partial charge in [0.25, 0.3) is 0 Å². The zero-order chi connectivity index (χ0) is 28.1. The van der Waals surface area contributed by atoms with Crippen LogP contribution in [0.5, 0.6) is 28.7 Å². The predicted octanol–water partition coefficient (Wildman–Crippen LogP) is 5.27. The normalized spacial score (nSPS) is 15.3. The summed E-state index contributed by atoms with van der Waals surface area (Å²) in [6.45, 7) is 0.0976. The number of benzene rings is 2. The Hall–Kier alpha value is -3.92. The van der Waals surface area contributed by atoms with Gasteiger partial charge in [0.1, 0.15) is 6.04 Å². The van der Waals surface area contributed by atoms with Gasteiger partial charge in [0, 0.05) is 22.7 Å². The van der Waals surface area contributed by atoms with Gasteiger partial charge in [0.15, 0.2) is 23.0 Å². The van der Waals surface area contributed by atoms with E-state index in [0.717, 1.165) is 37.0 Å². The number of methoxy groups -OCH3 is 3. The highest BCUT2D eigenvalue weighted by molar-refractivity contribution is 7.10. The molecule has 2 aromatic carbocycles. The van der Waals surface area contributed by atoms with Crippen molar-refractivity contribution in [2.45, 2.75) is 50.6 Å². The molecule has 1 aromatic heterocycles. The lowest BCUT2D eigenvalue weighted by Crippen LogP contribution is -2.47. The molecule has 1 aliphatic heterocycles. The molecule has 1 fully saturated rings. The number of fused-ring (bicyclic) bond motifs is 1. The van der Waals surface area contributed by atoms with E-state index in [-0.39, 0.29) is 31.1 Å². The molecule has 2 heterocycles. The van der Waals surface area contributed by atoms with Crippen LogP contribution in [-0.2, 0) is 16.0 Å². The van der Waals surface area contributed by atoms with Crippen molar-refractivity contribution in [3.8, 4) is 28.7 Å². The lowest BCUT2D eigenvalue weighted by atomic mass is 9.94. The average molecular weight is 567 g/mol. The fraction of sp³-hybridized carbons (Fsp3) is 0.400. The van der Waals surface area contributed by atoms with Crippen LogP contribution in [0.25, 0.3) is 0 Å². The van der Waals surface area contributed by atoms with Crippen molar-refractivity contribution in [2.24, 2.45) is 0 Å². The number of hydrogen-bond acceptors (Lipinski definition) is 8. The minimum atomic E-state index is -1.02. The number of ether oxygens (including phenoxy) is 5. The molecule has 1 saturated carbocycles. The van der Waals surface area contributed by atoms with E-state index in [9.17, 15) is 9.59 Å². The Kier molecular flexibility index (Phi) is 8.64. The molecule has 0 unspecified atom stereocenters. The van der Waals surface area contributed by atoms with Gasteiger partial charge in [-0.1, -0.05) is 25.3 Å². The van der Waals surface area contributed by atoms with Gasteiger partial charge in [-0.2, -0.15) is 0 Å². The van der Waals surface area contributed by atoms with Crippen molar-refractivity contribution in [1.82, 2.24) is 5.32 Å². The first-order valence-electron chi connectivity index (χ1n) is 13.4. The van der Waals surface area contributed by atoms with Gasteiger partial charge in [0.2, 0.25) is 24.4 Å². The third-order valence-corrected chi connectivity index (χ3v) is 8.15. The van der Waals surface area contributed by atoms with Crippen LogP contribution in [-0.4, -0.2) is 46.0 Å². The third-order valence-electron chi connectivity index (χ3n) is 7.27. The van der Waals surface area contributed by atoms with Crippen LogP contribution in [0.4, 0.5) is 5.69 Å². The lowest BCUT2D eigenvalue weighted by Gasteiger charge is -2.34. The fourth-order valence-electron chi connectivity index (χ4n) is 5.32. The van der Waals surface area contributed by atoms with E-state index in [2.05, 4.69) is 5.32 Å². The van der Waals surface area contributed by atoms with Crippen molar-refractivity contribution in [3.05, 3.63) is 58.3 Å². The Labute approximate surface area is 237 Å². The molecule has 1 N–H and O–H groups in total. The molecule has 40 heavy (non-hydrogen) atoms. The molecule has 0 bridgehead atoms. The molecule has 9 nitrogen and oxygen atoms in total. The van der Waals surface area contributed by atoms with Crippen molar-refractivity contribution >= 4 is 28.8 Å². The number of carbonyl (C=O) groups is 2. The average Bonchev–Trinajstić information content (AvgIpc) is 3.67.